The summed E-state index contributed by atoms with van der Waals surface area (Å²) in [6, 6.07) is 5.84. The summed E-state index contributed by atoms with van der Waals surface area (Å²) in [6.07, 6.45) is 0. The number of para-hydroxylation sites is 1. The second kappa shape index (κ2) is 4.65. The van der Waals surface area contributed by atoms with E-state index < -0.39 is 0 Å². The predicted octanol–water partition coefficient (Wildman–Crippen LogP) is 2.08. The first kappa shape index (κ1) is 11.8. The average molecular weight is 234 g/mol. The standard InChI is InChI=1S/C13H18N2O2/c1-8(2)10-7-17-13(15-10)9-5-4-6-11(16-3)12(9)14/h4-6,8,10H,7,14H2,1-3H3/t10-/m1/s1. The van der Waals surface area contributed by atoms with Crippen LogP contribution in [0.25, 0.3) is 0 Å². The molecular formula is C13H18N2O2. The Hall–Kier alpha value is -1.71. The Morgan fingerprint density at radius 1 is 1.47 bits per heavy atom. The molecule has 0 saturated heterocycles. The molecule has 1 aromatic carbocycles. The van der Waals surface area contributed by atoms with Crippen LogP contribution in [-0.4, -0.2) is 25.7 Å². The highest BCUT2D eigenvalue weighted by Crippen LogP contribution is 2.28. The molecule has 2 N–H and O–H groups in total. The largest absolute Gasteiger partial charge is 0.495 e. The lowest BCUT2D eigenvalue weighted by Gasteiger charge is -2.09. The van der Waals surface area contributed by atoms with Crippen molar-refractivity contribution in [1.29, 1.82) is 0 Å². The van der Waals surface area contributed by atoms with Gasteiger partial charge in [0.2, 0.25) is 5.90 Å². The van der Waals surface area contributed by atoms with Crippen molar-refractivity contribution < 1.29 is 9.47 Å². The van der Waals surface area contributed by atoms with Gasteiger partial charge in [0.1, 0.15) is 12.4 Å². The highest BCUT2D eigenvalue weighted by atomic mass is 16.5. The summed E-state index contributed by atoms with van der Waals surface area (Å²) >= 11 is 0. The van der Waals surface area contributed by atoms with Crippen molar-refractivity contribution in [2.24, 2.45) is 10.9 Å². The van der Waals surface area contributed by atoms with Crippen LogP contribution in [0.3, 0.4) is 0 Å². The van der Waals surface area contributed by atoms with E-state index in [4.69, 9.17) is 15.2 Å². The molecule has 0 spiro atoms. The van der Waals surface area contributed by atoms with Gasteiger partial charge in [-0.25, -0.2) is 4.99 Å². The van der Waals surface area contributed by atoms with Crippen molar-refractivity contribution in [1.82, 2.24) is 0 Å². The minimum absolute atomic E-state index is 0.218. The van der Waals surface area contributed by atoms with Crippen molar-refractivity contribution in [3.63, 3.8) is 0 Å². The molecule has 1 aliphatic heterocycles. The molecule has 0 unspecified atom stereocenters. The second-order valence-corrected chi connectivity index (χ2v) is 4.48. The van der Waals surface area contributed by atoms with Gasteiger partial charge in [-0.3, -0.25) is 0 Å². The number of benzene rings is 1. The maximum absolute atomic E-state index is 6.01. The molecule has 2 rings (SSSR count). The zero-order chi connectivity index (χ0) is 12.4. The van der Waals surface area contributed by atoms with Gasteiger partial charge >= 0.3 is 0 Å². The molecule has 1 aromatic rings. The lowest BCUT2D eigenvalue weighted by Crippen LogP contribution is -2.13. The van der Waals surface area contributed by atoms with Crippen LogP contribution in [-0.2, 0) is 4.74 Å². The molecule has 0 amide bonds. The first-order chi connectivity index (χ1) is 8.13. The fourth-order valence-electron chi connectivity index (χ4n) is 1.79. The number of aliphatic imine (C=N–C) groups is 1. The molecule has 0 bridgehead atoms. The molecule has 1 heterocycles. The van der Waals surface area contributed by atoms with Crippen LogP contribution in [0.5, 0.6) is 5.75 Å². The van der Waals surface area contributed by atoms with Gasteiger partial charge < -0.3 is 15.2 Å². The quantitative estimate of drug-likeness (QED) is 0.815. The first-order valence-electron chi connectivity index (χ1n) is 5.77. The minimum atomic E-state index is 0.218. The number of hydrogen-bond donors (Lipinski definition) is 1. The summed E-state index contributed by atoms with van der Waals surface area (Å²) in [4.78, 5) is 4.55. The van der Waals surface area contributed by atoms with Gasteiger partial charge in [0.25, 0.3) is 0 Å². The number of hydrogen-bond acceptors (Lipinski definition) is 4. The Labute approximate surface area is 101 Å². The molecule has 0 radical (unpaired) electrons. The minimum Gasteiger partial charge on any atom is -0.495 e. The van der Waals surface area contributed by atoms with E-state index in [9.17, 15) is 0 Å². The summed E-state index contributed by atoms with van der Waals surface area (Å²) in [7, 11) is 1.60. The smallest absolute Gasteiger partial charge is 0.218 e. The highest BCUT2D eigenvalue weighted by Gasteiger charge is 2.24. The monoisotopic (exact) mass is 234 g/mol. The summed E-state index contributed by atoms with van der Waals surface area (Å²) in [6.45, 7) is 4.90. The van der Waals surface area contributed by atoms with Crippen LogP contribution in [0.15, 0.2) is 23.2 Å². The maximum Gasteiger partial charge on any atom is 0.218 e. The van der Waals surface area contributed by atoms with Crippen LogP contribution in [0, 0.1) is 5.92 Å². The van der Waals surface area contributed by atoms with Crippen LogP contribution < -0.4 is 10.5 Å². The Kier molecular flexibility index (Phi) is 3.22. The Bertz CT molecular complexity index is 441. The number of rotatable bonds is 3. The average Bonchev–Trinajstić information content (AvgIpc) is 2.78. The van der Waals surface area contributed by atoms with Crippen LogP contribution >= 0.6 is 0 Å². The third-order valence-corrected chi connectivity index (χ3v) is 2.96. The lowest BCUT2D eigenvalue weighted by molar-refractivity contribution is 0.292. The Morgan fingerprint density at radius 2 is 2.24 bits per heavy atom. The van der Waals surface area contributed by atoms with Crippen molar-refractivity contribution in [3.05, 3.63) is 23.8 Å². The third kappa shape index (κ3) is 2.20. The molecule has 92 valence electrons. The van der Waals surface area contributed by atoms with Crippen LogP contribution in [0.4, 0.5) is 5.69 Å². The second-order valence-electron chi connectivity index (χ2n) is 4.48. The number of nitrogens with two attached hydrogens (primary N) is 1. The lowest BCUT2D eigenvalue weighted by atomic mass is 10.1. The maximum atomic E-state index is 6.01. The van der Waals surface area contributed by atoms with Crippen molar-refractivity contribution >= 4 is 11.6 Å². The van der Waals surface area contributed by atoms with Crippen molar-refractivity contribution in [2.75, 3.05) is 19.5 Å². The topological polar surface area (TPSA) is 56.8 Å². The van der Waals surface area contributed by atoms with Gasteiger partial charge in [0.05, 0.1) is 24.4 Å². The Balaban J connectivity index is 2.33. The molecule has 4 nitrogen and oxygen atoms in total. The molecule has 0 aromatic heterocycles. The molecule has 1 atom stereocenters. The van der Waals surface area contributed by atoms with Crippen molar-refractivity contribution in [2.45, 2.75) is 19.9 Å². The van der Waals surface area contributed by atoms with Gasteiger partial charge in [-0.15, -0.1) is 0 Å². The fourth-order valence-corrected chi connectivity index (χ4v) is 1.79. The summed E-state index contributed by atoms with van der Waals surface area (Å²) in [5.41, 5.74) is 7.40. The highest BCUT2D eigenvalue weighted by molar-refractivity contribution is 6.01. The fraction of sp³-hybridized carbons (Fsp3) is 0.462. The van der Waals surface area contributed by atoms with E-state index in [2.05, 4.69) is 18.8 Å². The van der Waals surface area contributed by atoms with E-state index in [0.717, 1.165) is 5.56 Å². The van der Waals surface area contributed by atoms with Gasteiger partial charge in [0, 0.05) is 0 Å². The molecule has 0 saturated carbocycles. The van der Waals surface area contributed by atoms with E-state index in [0.29, 0.717) is 29.9 Å². The number of methoxy groups -OCH3 is 1. The molecular weight excluding hydrogens is 216 g/mol. The summed E-state index contributed by atoms with van der Waals surface area (Å²) < 4.78 is 10.8. The Morgan fingerprint density at radius 3 is 2.82 bits per heavy atom. The summed E-state index contributed by atoms with van der Waals surface area (Å²) in [5, 5.41) is 0. The molecule has 0 fully saturated rings. The molecule has 17 heavy (non-hydrogen) atoms. The zero-order valence-corrected chi connectivity index (χ0v) is 10.4. The predicted molar refractivity (Wildman–Crippen MR) is 68.5 cm³/mol. The van der Waals surface area contributed by atoms with E-state index in [-0.39, 0.29) is 6.04 Å². The zero-order valence-electron chi connectivity index (χ0n) is 10.4. The van der Waals surface area contributed by atoms with Gasteiger partial charge in [-0.1, -0.05) is 19.9 Å². The van der Waals surface area contributed by atoms with Crippen LogP contribution in [0.1, 0.15) is 19.4 Å². The number of nitrogen functional groups attached to an aromatic ring is 1. The van der Waals surface area contributed by atoms with E-state index in [1.165, 1.54) is 0 Å². The SMILES string of the molecule is COc1cccc(C2=N[C@@H](C(C)C)CO2)c1N. The van der Waals surface area contributed by atoms with E-state index in [1.807, 2.05) is 18.2 Å². The van der Waals surface area contributed by atoms with Crippen LogP contribution in [0.2, 0.25) is 0 Å². The number of anilines is 1. The third-order valence-electron chi connectivity index (χ3n) is 2.96. The number of ether oxygens (including phenoxy) is 2. The van der Waals surface area contributed by atoms with Gasteiger partial charge in [-0.2, -0.15) is 0 Å². The van der Waals surface area contributed by atoms with Gasteiger partial charge in [-0.05, 0) is 18.1 Å². The first-order valence-corrected chi connectivity index (χ1v) is 5.77. The molecule has 0 aliphatic carbocycles. The number of nitrogens with zero attached hydrogens (tertiary/aromatic N) is 1. The van der Waals surface area contributed by atoms with Crippen molar-refractivity contribution in [3.8, 4) is 5.75 Å². The van der Waals surface area contributed by atoms with E-state index >= 15 is 0 Å². The van der Waals surface area contributed by atoms with Gasteiger partial charge in [0.15, 0.2) is 0 Å². The molecule has 4 heteroatoms. The van der Waals surface area contributed by atoms with E-state index in [1.54, 1.807) is 7.11 Å². The summed E-state index contributed by atoms with van der Waals surface area (Å²) in [5.74, 6) is 1.75. The normalized spacial score (nSPS) is 19.1. The molecule has 1 aliphatic rings.